The second kappa shape index (κ2) is 10.2. The number of rotatable bonds is 8. The molecule has 0 saturated carbocycles. The lowest BCUT2D eigenvalue weighted by molar-refractivity contribution is 0.0740. The van der Waals surface area contributed by atoms with Gasteiger partial charge in [0.25, 0.3) is 0 Å². The number of hydrogen-bond acceptors (Lipinski definition) is 6. The van der Waals surface area contributed by atoms with E-state index in [0.29, 0.717) is 6.42 Å². The molecule has 0 spiro atoms. The quantitative estimate of drug-likeness (QED) is 0.714. The van der Waals surface area contributed by atoms with E-state index < -0.39 is 6.09 Å². The van der Waals surface area contributed by atoms with Crippen LogP contribution in [0, 0.1) is 0 Å². The first-order valence-electron chi connectivity index (χ1n) is 10.2. The van der Waals surface area contributed by atoms with Crippen LogP contribution in [-0.2, 0) is 4.74 Å². The molecule has 7 heteroatoms. The highest BCUT2D eigenvalue weighted by Crippen LogP contribution is 2.32. The number of anilines is 1. The summed E-state index contributed by atoms with van der Waals surface area (Å²) < 4.78 is 16.2. The molecule has 1 fully saturated rings. The molecule has 1 heterocycles. The third kappa shape index (κ3) is 5.36. The maximum Gasteiger partial charge on any atom is 0.405 e. The summed E-state index contributed by atoms with van der Waals surface area (Å²) in [4.78, 5) is 16.2. The molecule has 1 saturated heterocycles. The van der Waals surface area contributed by atoms with Crippen molar-refractivity contribution in [2.75, 3.05) is 45.3 Å². The normalized spacial score (nSPS) is 16.6. The van der Waals surface area contributed by atoms with Gasteiger partial charge in [0.05, 0.1) is 14.2 Å². The van der Waals surface area contributed by atoms with Gasteiger partial charge >= 0.3 is 6.09 Å². The van der Waals surface area contributed by atoms with E-state index in [2.05, 4.69) is 22.8 Å². The summed E-state index contributed by atoms with van der Waals surface area (Å²) in [5.74, 6) is 1.47. The minimum absolute atomic E-state index is 0.252. The first-order chi connectivity index (χ1) is 14.5. The maximum atomic E-state index is 11.4. The summed E-state index contributed by atoms with van der Waals surface area (Å²) in [7, 11) is 3.29. The summed E-state index contributed by atoms with van der Waals surface area (Å²) in [5.41, 5.74) is 7.40. The zero-order valence-corrected chi connectivity index (χ0v) is 17.9. The second-order valence-corrected chi connectivity index (χ2v) is 7.48. The standard InChI is InChI=1S/C23H31N3O4/c1-17(15-21(30-23(24)27)18-7-5-4-6-8-18)25-11-13-26(14-12-25)19-9-10-20(28-2)22(16-19)29-3/h4-10,16-17,21H,11-15H2,1-3H3,(H2,24,27). The van der Waals surface area contributed by atoms with Gasteiger partial charge in [-0.05, 0) is 24.6 Å². The van der Waals surface area contributed by atoms with Crippen LogP contribution in [0.15, 0.2) is 48.5 Å². The van der Waals surface area contributed by atoms with Crippen LogP contribution in [0.2, 0.25) is 0 Å². The number of methoxy groups -OCH3 is 2. The number of ether oxygens (including phenoxy) is 3. The number of carbonyl (C=O) groups is 1. The van der Waals surface area contributed by atoms with Crippen molar-refractivity contribution in [2.24, 2.45) is 5.73 Å². The summed E-state index contributed by atoms with van der Waals surface area (Å²) in [6, 6.07) is 16.0. The number of piperazine rings is 1. The van der Waals surface area contributed by atoms with E-state index in [4.69, 9.17) is 19.9 Å². The molecule has 2 atom stereocenters. The molecule has 1 aliphatic heterocycles. The molecule has 2 unspecified atom stereocenters. The van der Waals surface area contributed by atoms with Gasteiger partial charge in [-0.1, -0.05) is 30.3 Å². The van der Waals surface area contributed by atoms with E-state index in [0.717, 1.165) is 48.9 Å². The molecular weight excluding hydrogens is 382 g/mol. The van der Waals surface area contributed by atoms with Crippen LogP contribution >= 0.6 is 0 Å². The van der Waals surface area contributed by atoms with Gasteiger partial charge in [0.1, 0.15) is 6.10 Å². The molecule has 0 aliphatic carbocycles. The summed E-state index contributed by atoms with van der Waals surface area (Å²) in [6.07, 6.45) is -0.388. The van der Waals surface area contributed by atoms with Crippen molar-refractivity contribution >= 4 is 11.8 Å². The minimum atomic E-state index is -0.741. The molecule has 30 heavy (non-hydrogen) atoms. The molecule has 2 aromatic carbocycles. The third-order valence-corrected chi connectivity index (χ3v) is 5.65. The van der Waals surface area contributed by atoms with Gasteiger partial charge < -0.3 is 24.8 Å². The molecule has 1 aliphatic rings. The van der Waals surface area contributed by atoms with Crippen molar-refractivity contribution in [3.63, 3.8) is 0 Å². The Morgan fingerprint density at radius 2 is 1.67 bits per heavy atom. The topological polar surface area (TPSA) is 77.3 Å². The van der Waals surface area contributed by atoms with E-state index in [-0.39, 0.29) is 12.1 Å². The largest absolute Gasteiger partial charge is 0.493 e. The summed E-state index contributed by atoms with van der Waals surface area (Å²) >= 11 is 0. The molecular formula is C23H31N3O4. The Bertz CT molecular complexity index is 822. The van der Waals surface area contributed by atoms with E-state index >= 15 is 0 Å². The first kappa shape index (κ1) is 21.8. The van der Waals surface area contributed by atoms with Crippen LogP contribution in [-0.4, -0.2) is 57.4 Å². The van der Waals surface area contributed by atoms with Crippen molar-refractivity contribution < 1.29 is 19.0 Å². The summed E-state index contributed by atoms with van der Waals surface area (Å²) in [5, 5.41) is 0. The Hall–Kier alpha value is -2.93. The maximum absolute atomic E-state index is 11.4. The van der Waals surface area contributed by atoms with Crippen molar-refractivity contribution in [3.8, 4) is 11.5 Å². The number of nitrogens with zero attached hydrogens (tertiary/aromatic N) is 2. The lowest BCUT2D eigenvalue weighted by Gasteiger charge is -2.40. The second-order valence-electron chi connectivity index (χ2n) is 7.48. The molecule has 0 radical (unpaired) electrons. The number of amides is 1. The number of hydrogen-bond donors (Lipinski definition) is 1. The Labute approximate surface area is 178 Å². The molecule has 7 nitrogen and oxygen atoms in total. The minimum Gasteiger partial charge on any atom is -0.493 e. The van der Waals surface area contributed by atoms with Crippen molar-refractivity contribution in [1.29, 1.82) is 0 Å². The lowest BCUT2D eigenvalue weighted by Crippen LogP contribution is -2.50. The van der Waals surface area contributed by atoms with Crippen LogP contribution in [0.1, 0.15) is 25.0 Å². The van der Waals surface area contributed by atoms with Gasteiger partial charge in [-0.3, -0.25) is 4.90 Å². The fourth-order valence-electron chi connectivity index (χ4n) is 3.96. The highest BCUT2D eigenvalue weighted by Gasteiger charge is 2.26. The summed E-state index contributed by atoms with van der Waals surface area (Å²) in [6.45, 7) is 5.84. The lowest BCUT2D eigenvalue weighted by atomic mass is 10.0. The Morgan fingerprint density at radius 3 is 2.27 bits per heavy atom. The zero-order chi connectivity index (χ0) is 21.5. The molecule has 1 amide bonds. The Morgan fingerprint density at radius 1 is 1.00 bits per heavy atom. The predicted molar refractivity (Wildman–Crippen MR) is 117 cm³/mol. The average Bonchev–Trinajstić information content (AvgIpc) is 2.78. The number of primary amides is 1. The SMILES string of the molecule is COc1ccc(N2CCN(C(C)CC(OC(N)=O)c3ccccc3)CC2)cc1OC. The van der Waals surface area contributed by atoms with Crippen LogP contribution in [0.3, 0.4) is 0 Å². The average molecular weight is 414 g/mol. The van der Waals surface area contributed by atoms with Crippen LogP contribution in [0.25, 0.3) is 0 Å². The van der Waals surface area contributed by atoms with Gasteiger partial charge in [-0.2, -0.15) is 0 Å². The van der Waals surface area contributed by atoms with Crippen LogP contribution in [0.4, 0.5) is 10.5 Å². The van der Waals surface area contributed by atoms with Gasteiger partial charge in [0, 0.05) is 50.4 Å². The smallest absolute Gasteiger partial charge is 0.405 e. The van der Waals surface area contributed by atoms with Crippen LogP contribution in [0.5, 0.6) is 11.5 Å². The number of nitrogens with two attached hydrogens (primary N) is 1. The van der Waals surface area contributed by atoms with E-state index in [1.807, 2.05) is 42.5 Å². The fraction of sp³-hybridized carbons (Fsp3) is 0.435. The van der Waals surface area contributed by atoms with Gasteiger partial charge in [-0.25, -0.2) is 4.79 Å². The molecule has 3 rings (SSSR count). The van der Waals surface area contributed by atoms with Crippen LogP contribution < -0.4 is 20.1 Å². The monoisotopic (exact) mass is 413 g/mol. The third-order valence-electron chi connectivity index (χ3n) is 5.65. The van der Waals surface area contributed by atoms with E-state index in [1.165, 1.54) is 0 Å². The molecule has 2 N–H and O–H groups in total. The van der Waals surface area contributed by atoms with Crippen molar-refractivity contribution in [3.05, 3.63) is 54.1 Å². The van der Waals surface area contributed by atoms with Crippen molar-refractivity contribution in [1.82, 2.24) is 4.90 Å². The van der Waals surface area contributed by atoms with Gasteiger partial charge in [-0.15, -0.1) is 0 Å². The highest BCUT2D eigenvalue weighted by molar-refractivity contribution is 5.65. The zero-order valence-electron chi connectivity index (χ0n) is 17.9. The van der Waals surface area contributed by atoms with Gasteiger partial charge in [0.2, 0.25) is 0 Å². The van der Waals surface area contributed by atoms with E-state index in [1.54, 1.807) is 14.2 Å². The molecule has 0 bridgehead atoms. The molecule has 2 aromatic rings. The predicted octanol–water partition coefficient (Wildman–Crippen LogP) is 3.44. The van der Waals surface area contributed by atoms with Gasteiger partial charge in [0.15, 0.2) is 11.5 Å². The van der Waals surface area contributed by atoms with Crippen molar-refractivity contribution in [2.45, 2.75) is 25.5 Å². The Kier molecular flexibility index (Phi) is 7.41. The molecule has 162 valence electrons. The highest BCUT2D eigenvalue weighted by atomic mass is 16.6. The Balaban J connectivity index is 1.60. The number of benzene rings is 2. The number of carbonyl (C=O) groups excluding carboxylic acids is 1. The fourth-order valence-corrected chi connectivity index (χ4v) is 3.96. The molecule has 0 aromatic heterocycles. The first-order valence-corrected chi connectivity index (χ1v) is 10.2. The van der Waals surface area contributed by atoms with E-state index in [9.17, 15) is 4.79 Å².